The average molecular weight is 278 g/mol. The second kappa shape index (κ2) is 5.56. The number of methoxy groups -OCH3 is 1. The minimum absolute atomic E-state index is 0.186. The molecule has 0 fully saturated rings. The number of nitrogens with one attached hydrogen (secondary N) is 1. The minimum atomic E-state index is -1.11. The molecule has 6 heteroatoms. The van der Waals surface area contributed by atoms with Gasteiger partial charge in [-0.2, -0.15) is 0 Å². The highest BCUT2D eigenvalue weighted by atomic mass is 19.2. The van der Waals surface area contributed by atoms with Crippen molar-refractivity contribution in [3.05, 3.63) is 53.6 Å². The first-order chi connectivity index (χ1) is 9.51. The number of nitrogens with two attached hydrogens (primary N) is 1. The molecule has 4 nitrogen and oxygen atoms in total. The van der Waals surface area contributed by atoms with Crippen LogP contribution in [0.15, 0.2) is 36.4 Å². The Labute approximate surface area is 114 Å². The number of nitrogen functional groups attached to an aromatic ring is 1. The zero-order chi connectivity index (χ0) is 14.7. The van der Waals surface area contributed by atoms with Crippen molar-refractivity contribution in [2.75, 3.05) is 18.2 Å². The third-order valence-corrected chi connectivity index (χ3v) is 2.63. The maximum atomic E-state index is 13.5. The number of rotatable bonds is 3. The van der Waals surface area contributed by atoms with Crippen LogP contribution in [0.2, 0.25) is 0 Å². The maximum Gasteiger partial charge on any atom is 0.255 e. The summed E-state index contributed by atoms with van der Waals surface area (Å²) in [5, 5.41) is 2.28. The summed E-state index contributed by atoms with van der Waals surface area (Å²) >= 11 is 0. The van der Waals surface area contributed by atoms with Crippen LogP contribution in [0, 0.1) is 11.6 Å². The molecule has 104 valence electrons. The second-order valence-corrected chi connectivity index (χ2v) is 4.05. The van der Waals surface area contributed by atoms with E-state index < -0.39 is 17.5 Å². The molecule has 0 bridgehead atoms. The largest absolute Gasteiger partial charge is 0.497 e. The molecule has 2 rings (SSSR count). The van der Waals surface area contributed by atoms with E-state index in [0.717, 1.165) is 6.07 Å². The number of amides is 1. The van der Waals surface area contributed by atoms with E-state index in [1.807, 2.05) is 0 Å². The lowest BCUT2D eigenvalue weighted by molar-refractivity contribution is 0.102. The fourth-order valence-corrected chi connectivity index (χ4v) is 1.67. The number of hydrogen-bond donors (Lipinski definition) is 2. The predicted molar refractivity (Wildman–Crippen MR) is 71.7 cm³/mol. The summed E-state index contributed by atoms with van der Waals surface area (Å²) in [5.74, 6) is -2.36. The normalized spacial score (nSPS) is 10.2. The van der Waals surface area contributed by atoms with Crippen molar-refractivity contribution in [1.29, 1.82) is 0 Å². The Morgan fingerprint density at radius 1 is 1.25 bits per heavy atom. The molecular weight excluding hydrogens is 266 g/mol. The third-order valence-electron chi connectivity index (χ3n) is 2.63. The van der Waals surface area contributed by atoms with Crippen LogP contribution in [-0.4, -0.2) is 13.0 Å². The number of halogens is 2. The Bertz CT molecular complexity index is 660. The molecule has 2 aromatic carbocycles. The highest BCUT2D eigenvalue weighted by molar-refractivity contribution is 6.05. The molecule has 0 unspecified atom stereocenters. The first-order valence-corrected chi connectivity index (χ1v) is 5.71. The van der Waals surface area contributed by atoms with E-state index in [2.05, 4.69) is 5.32 Å². The molecule has 0 aliphatic carbocycles. The van der Waals surface area contributed by atoms with Crippen molar-refractivity contribution >= 4 is 17.3 Å². The lowest BCUT2D eigenvalue weighted by Gasteiger charge is -2.09. The van der Waals surface area contributed by atoms with Gasteiger partial charge in [-0.3, -0.25) is 4.79 Å². The fraction of sp³-hybridized carbons (Fsp3) is 0.0714. The minimum Gasteiger partial charge on any atom is -0.497 e. The zero-order valence-corrected chi connectivity index (χ0v) is 10.6. The van der Waals surface area contributed by atoms with Crippen LogP contribution in [0.1, 0.15) is 10.4 Å². The van der Waals surface area contributed by atoms with Gasteiger partial charge in [-0.05, 0) is 24.3 Å². The van der Waals surface area contributed by atoms with E-state index in [4.69, 9.17) is 10.5 Å². The average Bonchev–Trinajstić information content (AvgIpc) is 2.43. The Morgan fingerprint density at radius 3 is 2.70 bits per heavy atom. The Balaban J connectivity index is 2.28. The topological polar surface area (TPSA) is 64.3 Å². The molecule has 0 aliphatic heterocycles. The molecule has 0 saturated carbocycles. The van der Waals surface area contributed by atoms with Crippen molar-refractivity contribution in [2.45, 2.75) is 0 Å². The molecule has 0 aromatic heterocycles. The number of carbonyl (C=O) groups is 1. The maximum absolute atomic E-state index is 13.5. The van der Waals surface area contributed by atoms with Crippen LogP contribution >= 0.6 is 0 Å². The van der Waals surface area contributed by atoms with Gasteiger partial charge in [0.15, 0.2) is 11.6 Å². The Hall–Kier alpha value is -2.63. The molecular formula is C14H12F2N2O2. The van der Waals surface area contributed by atoms with Gasteiger partial charge in [-0.25, -0.2) is 8.78 Å². The van der Waals surface area contributed by atoms with E-state index in [-0.39, 0.29) is 11.3 Å². The molecule has 0 heterocycles. The molecule has 0 aliphatic rings. The fourth-order valence-electron chi connectivity index (χ4n) is 1.67. The molecule has 1 amide bonds. The number of benzene rings is 2. The van der Waals surface area contributed by atoms with E-state index in [1.165, 1.54) is 31.4 Å². The monoisotopic (exact) mass is 278 g/mol. The van der Waals surface area contributed by atoms with Gasteiger partial charge in [0.2, 0.25) is 0 Å². The Morgan fingerprint density at radius 2 is 2.00 bits per heavy atom. The summed E-state index contributed by atoms with van der Waals surface area (Å²) in [6, 6.07) is 7.93. The number of anilines is 2. The van der Waals surface area contributed by atoms with Crippen molar-refractivity contribution < 1.29 is 18.3 Å². The highest BCUT2D eigenvalue weighted by Gasteiger charge is 2.13. The number of ether oxygens (including phenoxy) is 1. The Kier molecular flexibility index (Phi) is 3.84. The van der Waals surface area contributed by atoms with Gasteiger partial charge in [0.25, 0.3) is 5.91 Å². The van der Waals surface area contributed by atoms with Crippen LogP contribution in [-0.2, 0) is 0 Å². The summed E-state index contributed by atoms with van der Waals surface area (Å²) < 4.78 is 31.5. The van der Waals surface area contributed by atoms with Crippen molar-refractivity contribution in [3.8, 4) is 5.75 Å². The van der Waals surface area contributed by atoms with E-state index in [1.54, 1.807) is 6.07 Å². The standard InChI is InChI=1S/C14H12F2N2O2/c1-20-10-6-8(5-9(17)7-10)14(19)18-12-4-2-3-11(15)13(12)16/h2-7H,17H2,1H3,(H,18,19). The van der Waals surface area contributed by atoms with Crippen LogP contribution in [0.4, 0.5) is 20.2 Å². The quantitative estimate of drug-likeness (QED) is 0.848. The van der Waals surface area contributed by atoms with Gasteiger partial charge in [0.1, 0.15) is 5.75 Å². The third kappa shape index (κ3) is 2.85. The molecule has 0 saturated heterocycles. The number of hydrogen-bond acceptors (Lipinski definition) is 3. The molecule has 0 spiro atoms. The smallest absolute Gasteiger partial charge is 0.255 e. The van der Waals surface area contributed by atoms with Gasteiger partial charge in [0, 0.05) is 17.3 Å². The molecule has 2 aromatic rings. The van der Waals surface area contributed by atoms with Crippen LogP contribution in [0.25, 0.3) is 0 Å². The van der Waals surface area contributed by atoms with Crippen LogP contribution in [0.3, 0.4) is 0 Å². The summed E-state index contributed by atoms with van der Waals surface area (Å²) in [4.78, 5) is 12.0. The van der Waals surface area contributed by atoms with Gasteiger partial charge in [-0.15, -0.1) is 0 Å². The van der Waals surface area contributed by atoms with Crippen molar-refractivity contribution in [2.24, 2.45) is 0 Å². The van der Waals surface area contributed by atoms with E-state index in [0.29, 0.717) is 11.4 Å². The molecule has 20 heavy (non-hydrogen) atoms. The highest BCUT2D eigenvalue weighted by Crippen LogP contribution is 2.21. The van der Waals surface area contributed by atoms with Crippen molar-refractivity contribution in [1.82, 2.24) is 0 Å². The first kappa shape index (κ1) is 13.8. The van der Waals surface area contributed by atoms with Gasteiger partial charge in [-0.1, -0.05) is 6.07 Å². The number of carbonyl (C=O) groups excluding carboxylic acids is 1. The van der Waals surface area contributed by atoms with Crippen LogP contribution < -0.4 is 15.8 Å². The molecule has 0 radical (unpaired) electrons. The summed E-state index contributed by atoms with van der Waals surface area (Å²) in [6.07, 6.45) is 0. The zero-order valence-electron chi connectivity index (χ0n) is 10.6. The van der Waals surface area contributed by atoms with E-state index >= 15 is 0 Å². The lowest BCUT2D eigenvalue weighted by Crippen LogP contribution is -2.14. The van der Waals surface area contributed by atoms with E-state index in [9.17, 15) is 13.6 Å². The van der Waals surface area contributed by atoms with Crippen LogP contribution in [0.5, 0.6) is 5.75 Å². The lowest BCUT2D eigenvalue weighted by atomic mass is 10.1. The van der Waals surface area contributed by atoms with Crippen molar-refractivity contribution in [3.63, 3.8) is 0 Å². The summed E-state index contributed by atoms with van der Waals surface area (Å²) in [5.41, 5.74) is 5.90. The summed E-state index contributed by atoms with van der Waals surface area (Å²) in [7, 11) is 1.43. The molecule has 0 atom stereocenters. The second-order valence-electron chi connectivity index (χ2n) is 4.05. The molecule has 3 N–H and O–H groups in total. The van der Waals surface area contributed by atoms with Gasteiger partial charge >= 0.3 is 0 Å². The predicted octanol–water partition coefficient (Wildman–Crippen LogP) is 2.81. The van der Waals surface area contributed by atoms with Gasteiger partial charge in [0.05, 0.1) is 12.8 Å². The first-order valence-electron chi connectivity index (χ1n) is 5.71. The SMILES string of the molecule is COc1cc(N)cc(C(=O)Nc2cccc(F)c2F)c1. The summed E-state index contributed by atoms with van der Waals surface area (Å²) in [6.45, 7) is 0. The van der Waals surface area contributed by atoms with Gasteiger partial charge < -0.3 is 15.8 Å².